The van der Waals surface area contributed by atoms with Crippen LogP contribution >= 0.6 is 0 Å². The second kappa shape index (κ2) is 5.24. The molecule has 3 rings (SSSR count). The summed E-state index contributed by atoms with van der Waals surface area (Å²) in [6, 6.07) is -0.253. The molecule has 0 radical (unpaired) electrons. The average molecular weight is 277 g/mol. The van der Waals surface area contributed by atoms with E-state index in [4.69, 9.17) is 0 Å². The molecule has 1 aromatic heterocycles. The van der Waals surface area contributed by atoms with Gasteiger partial charge in [-0.25, -0.2) is 9.78 Å². The number of aliphatic hydroxyl groups excluding tert-OH is 1. The van der Waals surface area contributed by atoms with Gasteiger partial charge in [0.1, 0.15) is 5.82 Å². The van der Waals surface area contributed by atoms with E-state index in [1.54, 1.807) is 6.20 Å². The zero-order chi connectivity index (χ0) is 14.0. The van der Waals surface area contributed by atoms with E-state index in [9.17, 15) is 9.90 Å². The summed E-state index contributed by atoms with van der Waals surface area (Å²) >= 11 is 0. The van der Waals surface area contributed by atoms with Crippen LogP contribution in [0.3, 0.4) is 0 Å². The molecule has 1 saturated carbocycles. The highest BCUT2D eigenvalue weighted by Crippen LogP contribution is 2.31. The number of urea groups is 1. The predicted molar refractivity (Wildman–Crippen MR) is 74.4 cm³/mol. The maximum atomic E-state index is 11.3. The van der Waals surface area contributed by atoms with E-state index in [0.717, 1.165) is 31.2 Å². The smallest absolute Gasteiger partial charge is 0.320 e. The summed E-state index contributed by atoms with van der Waals surface area (Å²) in [6.07, 6.45) is 6.93. The van der Waals surface area contributed by atoms with Gasteiger partial charge < -0.3 is 15.7 Å². The van der Waals surface area contributed by atoms with E-state index in [1.165, 1.54) is 6.42 Å². The van der Waals surface area contributed by atoms with Crippen LogP contribution in [0.5, 0.6) is 0 Å². The minimum Gasteiger partial charge on any atom is -0.394 e. The standard InChI is InChI=1S/C13H19N5O2/c19-8-13(4-2-1-3-5-13)18-11-14-6-9-7-15-12(20)17-10(9)16-11/h6,19H,1-5,7-8H2,(H3,14,15,16,17,18,20). The highest BCUT2D eigenvalue weighted by molar-refractivity contribution is 5.91. The molecule has 0 spiro atoms. The van der Waals surface area contributed by atoms with Crippen LogP contribution in [0, 0.1) is 0 Å². The summed E-state index contributed by atoms with van der Waals surface area (Å²) in [7, 11) is 0. The number of hydrogen-bond acceptors (Lipinski definition) is 5. The van der Waals surface area contributed by atoms with Gasteiger partial charge in [0.2, 0.25) is 5.95 Å². The highest BCUT2D eigenvalue weighted by atomic mass is 16.3. The molecule has 7 heteroatoms. The van der Waals surface area contributed by atoms with Gasteiger partial charge in [-0.3, -0.25) is 5.32 Å². The molecule has 0 saturated heterocycles. The van der Waals surface area contributed by atoms with E-state index in [1.807, 2.05) is 0 Å². The summed E-state index contributed by atoms with van der Waals surface area (Å²) in [5, 5.41) is 18.3. The number of anilines is 2. The van der Waals surface area contributed by atoms with E-state index < -0.39 is 0 Å². The van der Waals surface area contributed by atoms with Crippen molar-refractivity contribution in [2.75, 3.05) is 17.2 Å². The van der Waals surface area contributed by atoms with Crippen molar-refractivity contribution in [2.24, 2.45) is 0 Å². The first-order valence-corrected chi connectivity index (χ1v) is 7.01. The zero-order valence-corrected chi connectivity index (χ0v) is 11.3. The SMILES string of the molecule is O=C1NCc2cnc(NC3(CO)CCCCC3)nc2N1. The summed E-state index contributed by atoms with van der Waals surface area (Å²) in [4.78, 5) is 19.9. The maximum Gasteiger partial charge on any atom is 0.320 e. The van der Waals surface area contributed by atoms with Gasteiger partial charge in [-0.1, -0.05) is 19.3 Å². The molecule has 1 aliphatic heterocycles. The van der Waals surface area contributed by atoms with Gasteiger partial charge in [0, 0.05) is 18.3 Å². The van der Waals surface area contributed by atoms with Crippen LogP contribution in [0.25, 0.3) is 0 Å². The van der Waals surface area contributed by atoms with Crippen molar-refractivity contribution in [3.8, 4) is 0 Å². The van der Waals surface area contributed by atoms with Crippen molar-refractivity contribution < 1.29 is 9.90 Å². The summed E-state index contributed by atoms with van der Waals surface area (Å²) < 4.78 is 0. The Hall–Kier alpha value is -1.89. The summed E-state index contributed by atoms with van der Waals surface area (Å²) in [6.45, 7) is 0.508. The van der Waals surface area contributed by atoms with Gasteiger partial charge >= 0.3 is 6.03 Å². The van der Waals surface area contributed by atoms with Crippen molar-refractivity contribution in [1.82, 2.24) is 15.3 Å². The Labute approximate surface area is 117 Å². The van der Waals surface area contributed by atoms with Crippen molar-refractivity contribution >= 4 is 17.8 Å². The Bertz CT molecular complexity index is 513. The molecular weight excluding hydrogens is 258 g/mol. The lowest BCUT2D eigenvalue weighted by molar-refractivity contribution is 0.172. The van der Waals surface area contributed by atoms with Gasteiger partial charge in [-0.2, -0.15) is 4.98 Å². The minimum atomic E-state index is -0.330. The molecule has 2 amide bonds. The molecule has 1 aliphatic carbocycles. The number of carbonyl (C=O) groups is 1. The fraction of sp³-hybridized carbons (Fsp3) is 0.615. The molecule has 108 valence electrons. The first-order valence-electron chi connectivity index (χ1n) is 7.01. The van der Waals surface area contributed by atoms with Gasteiger partial charge in [0.15, 0.2) is 0 Å². The largest absolute Gasteiger partial charge is 0.394 e. The van der Waals surface area contributed by atoms with E-state index >= 15 is 0 Å². The lowest BCUT2D eigenvalue weighted by Crippen LogP contribution is -2.44. The lowest BCUT2D eigenvalue weighted by Gasteiger charge is -2.36. The normalized spacial score (nSPS) is 20.6. The average Bonchev–Trinajstić information content (AvgIpc) is 2.48. The van der Waals surface area contributed by atoms with Crippen molar-refractivity contribution in [3.63, 3.8) is 0 Å². The van der Waals surface area contributed by atoms with E-state index in [-0.39, 0.29) is 18.2 Å². The topological polar surface area (TPSA) is 99.2 Å². The molecule has 2 heterocycles. The molecule has 20 heavy (non-hydrogen) atoms. The first kappa shape index (κ1) is 13.1. The number of rotatable bonds is 3. The molecule has 7 nitrogen and oxygen atoms in total. The number of nitrogens with one attached hydrogen (secondary N) is 3. The molecule has 0 unspecified atom stereocenters. The Morgan fingerprint density at radius 1 is 1.35 bits per heavy atom. The fourth-order valence-corrected chi connectivity index (χ4v) is 2.82. The van der Waals surface area contributed by atoms with Crippen molar-refractivity contribution in [3.05, 3.63) is 11.8 Å². The Morgan fingerprint density at radius 3 is 2.90 bits per heavy atom. The quantitative estimate of drug-likeness (QED) is 0.666. The molecule has 1 fully saturated rings. The predicted octanol–water partition coefficient (Wildman–Crippen LogP) is 1.22. The number of aliphatic hydroxyl groups is 1. The summed E-state index contributed by atoms with van der Waals surface area (Å²) in [5.74, 6) is 0.997. The molecule has 0 aromatic carbocycles. The van der Waals surface area contributed by atoms with Crippen LogP contribution in [-0.2, 0) is 6.54 Å². The minimum absolute atomic E-state index is 0.0708. The van der Waals surface area contributed by atoms with Gasteiger partial charge in [0.25, 0.3) is 0 Å². The van der Waals surface area contributed by atoms with Crippen LogP contribution in [-0.4, -0.2) is 33.3 Å². The third-order valence-corrected chi connectivity index (χ3v) is 4.03. The molecule has 4 N–H and O–H groups in total. The number of aromatic nitrogens is 2. The first-order chi connectivity index (χ1) is 9.71. The van der Waals surface area contributed by atoms with Gasteiger partial charge in [0.05, 0.1) is 12.1 Å². The number of carbonyl (C=O) groups excluding carboxylic acids is 1. The number of hydrogen-bond donors (Lipinski definition) is 4. The van der Waals surface area contributed by atoms with Gasteiger partial charge in [-0.15, -0.1) is 0 Å². The molecule has 1 aromatic rings. The van der Waals surface area contributed by atoms with Crippen LogP contribution in [0.2, 0.25) is 0 Å². The van der Waals surface area contributed by atoms with E-state index in [0.29, 0.717) is 18.3 Å². The Morgan fingerprint density at radius 2 is 2.15 bits per heavy atom. The second-order valence-corrected chi connectivity index (χ2v) is 5.50. The Balaban J connectivity index is 1.80. The fourth-order valence-electron chi connectivity index (χ4n) is 2.82. The molecule has 2 aliphatic rings. The number of nitrogens with zero attached hydrogens (tertiary/aromatic N) is 2. The molecular formula is C13H19N5O2. The third kappa shape index (κ3) is 2.53. The van der Waals surface area contributed by atoms with Crippen LogP contribution in [0.4, 0.5) is 16.6 Å². The van der Waals surface area contributed by atoms with E-state index in [2.05, 4.69) is 25.9 Å². The third-order valence-electron chi connectivity index (χ3n) is 4.03. The maximum absolute atomic E-state index is 11.3. The van der Waals surface area contributed by atoms with Crippen molar-refractivity contribution in [1.29, 1.82) is 0 Å². The van der Waals surface area contributed by atoms with Crippen molar-refractivity contribution in [2.45, 2.75) is 44.2 Å². The highest BCUT2D eigenvalue weighted by Gasteiger charge is 2.32. The zero-order valence-electron chi connectivity index (χ0n) is 11.3. The van der Waals surface area contributed by atoms with Gasteiger partial charge in [-0.05, 0) is 12.8 Å². The summed E-state index contributed by atoms with van der Waals surface area (Å²) in [5.41, 5.74) is 0.528. The monoisotopic (exact) mass is 277 g/mol. The number of amides is 2. The van der Waals surface area contributed by atoms with Crippen LogP contribution < -0.4 is 16.0 Å². The Kier molecular flexibility index (Phi) is 3.43. The molecule has 0 bridgehead atoms. The second-order valence-electron chi connectivity index (χ2n) is 5.50. The lowest BCUT2D eigenvalue weighted by atomic mass is 9.82. The molecule has 0 atom stereocenters. The van der Waals surface area contributed by atoms with Crippen LogP contribution in [0.15, 0.2) is 6.20 Å². The van der Waals surface area contributed by atoms with Crippen LogP contribution in [0.1, 0.15) is 37.7 Å². The number of fused-ring (bicyclic) bond motifs is 1.